The van der Waals surface area contributed by atoms with Crippen molar-refractivity contribution in [1.29, 1.82) is 0 Å². The van der Waals surface area contributed by atoms with Crippen LogP contribution in [0.1, 0.15) is 6.92 Å². The van der Waals surface area contributed by atoms with Crippen molar-refractivity contribution in [1.82, 2.24) is 4.57 Å². The maximum absolute atomic E-state index is 2.87. The summed E-state index contributed by atoms with van der Waals surface area (Å²) in [6, 6.07) is 2.87. The minimum absolute atomic E-state index is 0. The van der Waals surface area contributed by atoms with Gasteiger partial charge in [-0.25, -0.2) is 4.57 Å². The highest BCUT2D eigenvalue weighted by Gasteiger charge is 1.91. The largest absolute Gasteiger partial charge is 1.00 e. The second kappa shape index (κ2) is 4.13. The van der Waals surface area contributed by atoms with Crippen molar-refractivity contribution in [3.05, 3.63) is 18.7 Å². The summed E-state index contributed by atoms with van der Waals surface area (Å²) in [7, 11) is 1.97. The minimum atomic E-state index is 0. The standard InChI is InChI=1S/C7H9N2.BrH/c1-3-4-9-6-5-8(2)7-9;/h5-7H,1-2H3;1H/q+1;/p-1. The van der Waals surface area contributed by atoms with Crippen molar-refractivity contribution in [2.45, 2.75) is 6.92 Å². The summed E-state index contributed by atoms with van der Waals surface area (Å²) in [5.41, 5.74) is 0. The lowest BCUT2D eigenvalue weighted by Crippen LogP contribution is -3.00. The van der Waals surface area contributed by atoms with Crippen LogP contribution < -0.4 is 21.5 Å². The van der Waals surface area contributed by atoms with Crippen LogP contribution >= 0.6 is 0 Å². The van der Waals surface area contributed by atoms with Crippen LogP contribution in [0.5, 0.6) is 0 Å². The fourth-order valence-corrected chi connectivity index (χ4v) is 0.645. The Kier molecular flexibility index (Phi) is 3.82. The molecule has 0 aliphatic carbocycles. The summed E-state index contributed by atoms with van der Waals surface area (Å²) >= 11 is 0. The molecule has 0 aliphatic rings. The van der Waals surface area contributed by atoms with E-state index in [0.717, 1.165) is 0 Å². The molecule has 1 aromatic rings. The van der Waals surface area contributed by atoms with Crippen LogP contribution in [0.25, 0.3) is 0 Å². The molecule has 2 nitrogen and oxygen atoms in total. The maximum Gasteiger partial charge on any atom is 0.257 e. The Balaban J connectivity index is 0.000000810. The molecule has 0 aromatic carbocycles. The highest BCUT2D eigenvalue weighted by atomic mass is 79.9. The third kappa shape index (κ3) is 2.24. The number of aromatic nitrogens is 2. The quantitative estimate of drug-likeness (QED) is 0.315. The van der Waals surface area contributed by atoms with E-state index >= 15 is 0 Å². The lowest BCUT2D eigenvalue weighted by Gasteiger charge is -1.72. The molecule has 0 saturated heterocycles. The number of aryl methyl sites for hydroxylation is 1. The molecule has 0 N–H and O–H groups in total. The zero-order valence-electron chi connectivity index (χ0n) is 6.00. The van der Waals surface area contributed by atoms with E-state index in [9.17, 15) is 0 Å². The number of rotatable bonds is 0. The average Bonchev–Trinajstić information content (AvgIpc) is 2.17. The van der Waals surface area contributed by atoms with Gasteiger partial charge >= 0.3 is 0 Å². The van der Waals surface area contributed by atoms with Crippen molar-refractivity contribution >= 4 is 0 Å². The summed E-state index contributed by atoms with van der Waals surface area (Å²) in [6.07, 6.45) is 5.78. The summed E-state index contributed by atoms with van der Waals surface area (Å²) in [5, 5.41) is 0. The molecule has 3 heteroatoms. The van der Waals surface area contributed by atoms with Crippen LogP contribution in [-0.4, -0.2) is 4.57 Å². The van der Waals surface area contributed by atoms with Gasteiger partial charge in [0, 0.05) is 6.92 Å². The topological polar surface area (TPSA) is 8.81 Å². The molecule has 1 aromatic heterocycles. The Labute approximate surface area is 71.3 Å². The van der Waals surface area contributed by atoms with Gasteiger partial charge in [0.2, 0.25) is 0 Å². The average molecular weight is 201 g/mol. The van der Waals surface area contributed by atoms with Gasteiger partial charge in [-0.2, -0.15) is 4.57 Å². The van der Waals surface area contributed by atoms with Gasteiger partial charge in [0.1, 0.15) is 18.4 Å². The first-order valence-electron chi connectivity index (χ1n) is 2.79. The third-order valence-corrected chi connectivity index (χ3v) is 1.01. The Morgan fingerprint density at radius 2 is 2.20 bits per heavy atom. The van der Waals surface area contributed by atoms with E-state index in [1.165, 1.54) is 0 Å². The SMILES string of the molecule is CC#Cn1cc[n+](C)c1.[Br-]. The normalized spacial score (nSPS) is 7.40. The molecule has 0 atom stereocenters. The fraction of sp³-hybridized carbons (Fsp3) is 0.286. The summed E-state index contributed by atoms with van der Waals surface area (Å²) < 4.78 is 3.77. The highest BCUT2D eigenvalue weighted by Crippen LogP contribution is 1.75. The van der Waals surface area contributed by atoms with E-state index in [1.54, 1.807) is 0 Å². The van der Waals surface area contributed by atoms with E-state index in [1.807, 2.05) is 41.8 Å². The molecular formula is C7H9BrN2. The van der Waals surface area contributed by atoms with E-state index in [4.69, 9.17) is 0 Å². The molecule has 0 aliphatic heterocycles. The molecule has 0 radical (unpaired) electrons. The van der Waals surface area contributed by atoms with E-state index in [-0.39, 0.29) is 17.0 Å². The third-order valence-electron chi connectivity index (χ3n) is 1.01. The van der Waals surface area contributed by atoms with Crippen LogP contribution in [0.2, 0.25) is 0 Å². The molecule has 0 fully saturated rings. The molecule has 0 bridgehead atoms. The maximum atomic E-state index is 2.87. The first-order valence-corrected chi connectivity index (χ1v) is 2.79. The molecule has 0 spiro atoms. The second-order valence-electron chi connectivity index (χ2n) is 1.85. The first kappa shape index (κ1) is 9.25. The number of hydrogen-bond donors (Lipinski definition) is 0. The van der Waals surface area contributed by atoms with Crippen molar-refractivity contribution in [3.63, 3.8) is 0 Å². The van der Waals surface area contributed by atoms with Gasteiger partial charge in [-0.1, -0.05) is 5.92 Å². The Morgan fingerprint density at radius 1 is 1.50 bits per heavy atom. The molecular weight excluding hydrogens is 192 g/mol. The molecule has 0 saturated carbocycles. The van der Waals surface area contributed by atoms with Gasteiger partial charge in [-0.3, -0.25) is 0 Å². The smallest absolute Gasteiger partial charge is 0.257 e. The predicted molar refractivity (Wildman–Crippen MR) is 34.5 cm³/mol. The van der Waals surface area contributed by atoms with Gasteiger partial charge < -0.3 is 17.0 Å². The molecule has 0 amide bonds. The van der Waals surface area contributed by atoms with E-state index in [2.05, 4.69) is 12.0 Å². The predicted octanol–water partition coefficient (Wildman–Crippen LogP) is -2.85. The van der Waals surface area contributed by atoms with Gasteiger partial charge in [0.05, 0.1) is 7.05 Å². The van der Waals surface area contributed by atoms with Crippen molar-refractivity contribution in [2.24, 2.45) is 7.05 Å². The number of hydrogen-bond acceptors (Lipinski definition) is 0. The van der Waals surface area contributed by atoms with Gasteiger partial charge in [-0.05, 0) is 0 Å². The lowest BCUT2D eigenvalue weighted by atomic mass is 10.8. The zero-order valence-corrected chi connectivity index (χ0v) is 7.59. The van der Waals surface area contributed by atoms with Crippen molar-refractivity contribution in [3.8, 4) is 12.0 Å². The van der Waals surface area contributed by atoms with E-state index < -0.39 is 0 Å². The van der Waals surface area contributed by atoms with Crippen molar-refractivity contribution < 1.29 is 21.5 Å². The van der Waals surface area contributed by atoms with Gasteiger partial charge in [0.25, 0.3) is 6.33 Å². The Morgan fingerprint density at radius 3 is 2.60 bits per heavy atom. The number of halogens is 1. The van der Waals surface area contributed by atoms with Gasteiger partial charge in [0.15, 0.2) is 0 Å². The van der Waals surface area contributed by atoms with Crippen molar-refractivity contribution in [2.75, 3.05) is 0 Å². The second-order valence-corrected chi connectivity index (χ2v) is 1.85. The minimum Gasteiger partial charge on any atom is -1.00 e. The molecule has 54 valence electrons. The van der Waals surface area contributed by atoms with Crippen LogP contribution in [0.3, 0.4) is 0 Å². The van der Waals surface area contributed by atoms with Crippen LogP contribution in [-0.2, 0) is 7.05 Å². The van der Waals surface area contributed by atoms with Crippen LogP contribution in [0.4, 0.5) is 0 Å². The Bertz CT molecular complexity index is 254. The lowest BCUT2D eigenvalue weighted by molar-refractivity contribution is -0.670. The zero-order chi connectivity index (χ0) is 6.69. The molecule has 1 rings (SSSR count). The van der Waals surface area contributed by atoms with Crippen LogP contribution in [0, 0.1) is 12.0 Å². The number of nitrogens with zero attached hydrogens (tertiary/aromatic N) is 2. The highest BCUT2D eigenvalue weighted by molar-refractivity contribution is 4.98. The monoisotopic (exact) mass is 200 g/mol. The van der Waals surface area contributed by atoms with Crippen LogP contribution in [0.15, 0.2) is 18.7 Å². The van der Waals surface area contributed by atoms with E-state index in [0.29, 0.717) is 0 Å². The summed E-state index contributed by atoms with van der Waals surface area (Å²) in [6.45, 7) is 1.82. The molecule has 1 heterocycles. The fourth-order valence-electron chi connectivity index (χ4n) is 0.645. The molecule has 10 heavy (non-hydrogen) atoms. The Hall–Kier alpha value is -0.750. The first-order chi connectivity index (χ1) is 4.33. The van der Waals surface area contributed by atoms with Gasteiger partial charge in [-0.15, -0.1) is 0 Å². The number of imidazole rings is 1. The molecule has 0 unspecified atom stereocenters. The summed E-state index contributed by atoms with van der Waals surface area (Å²) in [5.74, 6) is 2.80. The summed E-state index contributed by atoms with van der Waals surface area (Å²) in [4.78, 5) is 0.